The van der Waals surface area contributed by atoms with Gasteiger partial charge in [-0.05, 0) is 13.0 Å². The minimum absolute atomic E-state index is 0.0756. The minimum Gasteiger partial charge on any atom is -0.394 e. The third kappa shape index (κ3) is 3.89. The Hall–Kier alpha value is -0.200. The fraction of sp³-hybridized carbons (Fsp3) is 1.00. The molecule has 0 aromatic rings. The van der Waals surface area contributed by atoms with Crippen LogP contribution in [0.25, 0.3) is 0 Å². The fourth-order valence-corrected chi connectivity index (χ4v) is 1.47. The van der Waals surface area contributed by atoms with Gasteiger partial charge < -0.3 is 25.4 Å². The van der Waals surface area contributed by atoms with E-state index in [0.29, 0.717) is 26.0 Å². The van der Waals surface area contributed by atoms with Gasteiger partial charge in [-0.3, -0.25) is 0 Å². The molecule has 0 radical (unpaired) electrons. The predicted molar refractivity (Wildman–Crippen MR) is 50.6 cm³/mol. The molecule has 5 heteroatoms. The Balaban J connectivity index is 2.23. The highest BCUT2D eigenvalue weighted by Gasteiger charge is 2.28. The lowest BCUT2D eigenvalue weighted by Gasteiger charge is -2.31. The van der Waals surface area contributed by atoms with Gasteiger partial charge in [-0.2, -0.15) is 0 Å². The largest absolute Gasteiger partial charge is 0.394 e. The molecule has 0 saturated carbocycles. The van der Waals surface area contributed by atoms with Crippen LogP contribution in [-0.2, 0) is 9.47 Å². The van der Waals surface area contributed by atoms with Crippen LogP contribution in [0.1, 0.15) is 19.3 Å². The molecule has 1 heterocycles. The third-order valence-electron chi connectivity index (χ3n) is 2.20. The van der Waals surface area contributed by atoms with Crippen molar-refractivity contribution in [1.82, 2.24) is 0 Å². The quantitative estimate of drug-likeness (QED) is 0.512. The van der Waals surface area contributed by atoms with Crippen molar-refractivity contribution in [2.75, 3.05) is 19.8 Å². The summed E-state index contributed by atoms with van der Waals surface area (Å²) < 4.78 is 10.7. The van der Waals surface area contributed by atoms with E-state index >= 15 is 0 Å². The zero-order chi connectivity index (χ0) is 10.4. The van der Waals surface area contributed by atoms with Gasteiger partial charge in [-0.1, -0.05) is 0 Å². The molecule has 3 atom stereocenters. The average Bonchev–Trinajstić information content (AvgIpc) is 2.17. The Morgan fingerprint density at radius 1 is 1.43 bits per heavy atom. The van der Waals surface area contributed by atoms with Crippen molar-refractivity contribution in [3.63, 3.8) is 0 Å². The first-order chi connectivity index (χ1) is 6.76. The molecule has 84 valence electrons. The molecule has 0 aromatic carbocycles. The van der Waals surface area contributed by atoms with Crippen LogP contribution in [0.2, 0.25) is 0 Å². The maximum atomic E-state index is 9.44. The molecule has 5 nitrogen and oxygen atoms in total. The monoisotopic (exact) mass is 205 g/mol. The summed E-state index contributed by atoms with van der Waals surface area (Å²) in [5.41, 5.74) is 5.31. The van der Waals surface area contributed by atoms with Crippen molar-refractivity contribution in [1.29, 1.82) is 0 Å². The van der Waals surface area contributed by atoms with Gasteiger partial charge in [0.25, 0.3) is 0 Å². The minimum atomic E-state index is -0.441. The van der Waals surface area contributed by atoms with E-state index in [1.54, 1.807) is 0 Å². The molecule has 0 aliphatic carbocycles. The summed E-state index contributed by atoms with van der Waals surface area (Å²) in [5, 5.41) is 18.3. The maximum absolute atomic E-state index is 9.44. The second kappa shape index (κ2) is 6.31. The van der Waals surface area contributed by atoms with Gasteiger partial charge in [0.15, 0.2) is 6.29 Å². The van der Waals surface area contributed by atoms with E-state index in [2.05, 4.69) is 0 Å². The van der Waals surface area contributed by atoms with Crippen LogP contribution in [0.4, 0.5) is 0 Å². The molecule has 1 aliphatic rings. The first kappa shape index (κ1) is 11.9. The van der Waals surface area contributed by atoms with Crippen LogP contribution in [0.5, 0.6) is 0 Å². The lowest BCUT2D eigenvalue weighted by Crippen LogP contribution is -2.39. The number of hydrogen-bond donors (Lipinski definition) is 3. The van der Waals surface area contributed by atoms with Crippen molar-refractivity contribution < 1.29 is 19.7 Å². The molecular formula is C9H19NO4. The molecule has 1 rings (SSSR count). The molecule has 1 fully saturated rings. The summed E-state index contributed by atoms with van der Waals surface area (Å²) in [6.45, 7) is 1.04. The summed E-state index contributed by atoms with van der Waals surface area (Å²) in [4.78, 5) is 0. The van der Waals surface area contributed by atoms with Crippen LogP contribution in [0.3, 0.4) is 0 Å². The molecule has 0 bridgehead atoms. The second-order valence-corrected chi connectivity index (χ2v) is 3.51. The topological polar surface area (TPSA) is 84.9 Å². The fourth-order valence-electron chi connectivity index (χ4n) is 1.47. The molecule has 0 amide bonds. The van der Waals surface area contributed by atoms with Gasteiger partial charge in [0.05, 0.1) is 25.4 Å². The number of nitrogens with two attached hydrogens (primary N) is 1. The van der Waals surface area contributed by atoms with Gasteiger partial charge in [0.1, 0.15) is 0 Å². The van der Waals surface area contributed by atoms with Crippen LogP contribution in [-0.4, -0.2) is 48.5 Å². The average molecular weight is 205 g/mol. The highest BCUT2D eigenvalue weighted by atomic mass is 16.7. The summed E-state index contributed by atoms with van der Waals surface area (Å²) in [5.74, 6) is 0. The van der Waals surface area contributed by atoms with Gasteiger partial charge in [0, 0.05) is 12.8 Å². The smallest absolute Gasteiger partial charge is 0.160 e. The van der Waals surface area contributed by atoms with E-state index < -0.39 is 12.4 Å². The third-order valence-corrected chi connectivity index (χ3v) is 2.20. The summed E-state index contributed by atoms with van der Waals surface area (Å²) in [7, 11) is 0. The molecule has 0 aromatic heterocycles. The van der Waals surface area contributed by atoms with Crippen molar-refractivity contribution in [3.05, 3.63) is 0 Å². The van der Waals surface area contributed by atoms with Crippen molar-refractivity contribution in [3.8, 4) is 0 Å². The van der Waals surface area contributed by atoms with E-state index in [4.69, 9.17) is 20.3 Å². The molecule has 3 unspecified atom stereocenters. The standard InChI is InChI=1S/C9H19NO4/c10-2-1-3-13-9-5-7(12)4-8(6-11)14-9/h7-9,11-12H,1-6,10H2. The molecule has 4 N–H and O–H groups in total. The van der Waals surface area contributed by atoms with E-state index in [0.717, 1.165) is 6.42 Å². The van der Waals surface area contributed by atoms with Gasteiger partial charge >= 0.3 is 0 Å². The summed E-state index contributed by atoms with van der Waals surface area (Å²) >= 11 is 0. The Morgan fingerprint density at radius 2 is 2.21 bits per heavy atom. The van der Waals surface area contributed by atoms with E-state index in [1.165, 1.54) is 0 Å². The van der Waals surface area contributed by atoms with Crippen molar-refractivity contribution >= 4 is 0 Å². The van der Waals surface area contributed by atoms with Crippen LogP contribution in [0, 0.1) is 0 Å². The highest BCUT2D eigenvalue weighted by molar-refractivity contribution is 4.72. The summed E-state index contributed by atoms with van der Waals surface area (Å²) in [6.07, 6.45) is 0.585. The van der Waals surface area contributed by atoms with Gasteiger partial charge in [-0.25, -0.2) is 0 Å². The maximum Gasteiger partial charge on any atom is 0.160 e. The van der Waals surface area contributed by atoms with Gasteiger partial charge in [-0.15, -0.1) is 0 Å². The van der Waals surface area contributed by atoms with Crippen molar-refractivity contribution in [2.45, 2.75) is 37.8 Å². The molecule has 1 saturated heterocycles. The molecular weight excluding hydrogens is 186 g/mol. The highest BCUT2D eigenvalue weighted by Crippen LogP contribution is 2.20. The van der Waals surface area contributed by atoms with Gasteiger partial charge in [0.2, 0.25) is 0 Å². The van der Waals surface area contributed by atoms with Crippen molar-refractivity contribution in [2.24, 2.45) is 5.73 Å². The lowest BCUT2D eigenvalue weighted by molar-refractivity contribution is -0.221. The Bertz CT molecular complexity index is 156. The number of rotatable bonds is 5. The van der Waals surface area contributed by atoms with E-state index in [-0.39, 0.29) is 12.7 Å². The number of aliphatic hydroxyl groups excluding tert-OH is 2. The zero-order valence-electron chi connectivity index (χ0n) is 8.26. The van der Waals surface area contributed by atoms with Crippen LogP contribution >= 0.6 is 0 Å². The molecule has 14 heavy (non-hydrogen) atoms. The Labute approximate surface area is 83.8 Å². The van der Waals surface area contributed by atoms with E-state index in [1.807, 2.05) is 0 Å². The number of hydrogen-bond acceptors (Lipinski definition) is 5. The number of ether oxygens (including phenoxy) is 2. The first-order valence-electron chi connectivity index (χ1n) is 5.02. The Kier molecular flexibility index (Phi) is 5.36. The molecule has 0 spiro atoms. The van der Waals surface area contributed by atoms with Crippen LogP contribution in [0.15, 0.2) is 0 Å². The SMILES string of the molecule is NCCCOC1CC(O)CC(CO)O1. The predicted octanol–water partition coefficient (Wildman–Crippen LogP) is -0.790. The summed E-state index contributed by atoms with van der Waals surface area (Å²) in [6, 6.07) is 0. The second-order valence-electron chi connectivity index (χ2n) is 3.51. The lowest BCUT2D eigenvalue weighted by atomic mass is 10.1. The zero-order valence-corrected chi connectivity index (χ0v) is 8.26. The Morgan fingerprint density at radius 3 is 2.86 bits per heavy atom. The van der Waals surface area contributed by atoms with E-state index in [9.17, 15) is 5.11 Å². The van der Waals surface area contributed by atoms with Crippen LogP contribution < -0.4 is 5.73 Å². The number of aliphatic hydroxyl groups is 2. The molecule has 1 aliphatic heterocycles. The first-order valence-corrected chi connectivity index (χ1v) is 5.02. The normalized spacial score (nSPS) is 33.2.